The van der Waals surface area contributed by atoms with Crippen LogP contribution in [0.15, 0.2) is 30.3 Å². The highest BCUT2D eigenvalue weighted by molar-refractivity contribution is 5.89. The van der Waals surface area contributed by atoms with Crippen molar-refractivity contribution in [1.29, 1.82) is 0 Å². The molecule has 2 N–H and O–H groups in total. The molecule has 2 rings (SSSR count). The van der Waals surface area contributed by atoms with Gasteiger partial charge in [-0.3, -0.25) is 19.2 Å². The van der Waals surface area contributed by atoms with Crippen LogP contribution in [-0.4, -0.2) is 67.2 Å². The Kier molecular flexibility index (Phi) is 9.16. The van der Waals surface area contributed by atoms with Gasteiger partial charge in [0.05, 0.1) is 0 Å². The normalized spacial score (nSPS) is 24.1. The Labute approximate surface area is 189 Å². The molecule has 0 radical (unpaired) electrons. The first-order valence-electron chi connectivity index (χ1n) is 10.00. The van der Waals surface area contributed by atoms with Crippen LogP contribution >= 0.6 is 0 Å². The molecule has 0 aliphatic carbocycles. The van der Waals surface area contributed by atoms with Crippen molar-refractivity contribution in [2.75, 3.05) is 11.9 Å². The Morgan fingerprint density at radius 2 is 1.39 bits per heavy atom. The maximum atomic E-state index is 12.6. The fourth-order valence-corrected chi connectivity index (χ4v) is 3.16. The molecule has 1 heterocycles. The van der Waals surface area contributed by atoms with Crippen molar-refractivity contribution in [3.63, 3.8) is 0 Å². The van der Waals surface area contributed by atoms with Crippen molar-refractivity contribution in [3.8, 4) is 0 Å². The van der Waals surface area contributed by atoms with Gasteiger partial charge in [-0.05, 0) is 12.1 Å². The van der Waals surface area contributed by atoms with Crippen molar-refractivity contribution < 1.29 is 47.7 Å². The van der Waals surface area contributed by atoms with Gasteiger partial charge in [0.15, 0.2) is 12.2 Å². The molecule has 0 unspecified atom stereocenters. The van der Waals surface area contributed by atoms with E-state index in [1.165, 1.54) is 0 Å². The lowest BCUT2D eigenvalue weighted by Gasteiger charge is -2.44. The maximum Gasteiger partial charge on any atom is 0.319 e. The number of para-hydroxylation sites is 1. The minimum atomic E-state index is -1.46. The molecule has 180 valence electrons. The topological polar surface area (TPSA) is 156 Å². The van der Waals surface area contributed by atoms with Crippen molar-refractivity contribution in [2.24, 2.45) is 0 Å². The van der Waals surface area contributed by atoms with Crippen molar-refractivity contribution in [1.82, 2.24) is 5.32 Å². The molecule has 33 heavy (non-hydrogen) atoms. The number of hydrogen-bond acceptors (Lipinski definition) is 10. The molecule has 1 aromatic carbocycles. The Morgan fingerprint density at radius 3 is 1.94 bits per heavy atom. The van der Waals surface area contributed by atoms with Gasteiger partial charge in [0.25, 0.3) is 0 Å². The molecule has 5 atom stereocenters. The van der Waals surface area contributed by atoms with E-state index in [4.69, 9.17) is 23.7 Å². The second kappa shape index (κ2) is 11.8. The first-order valence-corrected chi connectivity index (χ1v) is 10.00. The van der Waals surface area contributed by atoms with Gasteiger partial charge in [0.2, 0.25) is 6.29 Å². The monoisotopic (exact) mass is 466 g/mol. The third-order valence-corrected chi connectivity index (χ3v) is 4.31. The van der Waals surface area contributed by atoms with Crippen LogP contribution in [0.1, 0.15) is 27.7 Å². The molecule has 1 saturated heterocycles. The van der Waals surface area contributed by atoms with Crippen molar-refractivity contribution in [2.45, 2.75) is 58.3 Å². The van der Waals surface area contributed by atoms with Crippen molar-refractivity contribution in [3.05, 3.63) is 30.3 Å². The average Bonchev–Trinajstić information content (AvgIpc) is 2.70. The van der Waals surface area contributed by atoms with E-state index in [9.17, 15) is 24.0 Å². The van der Waals surface area contributed by atoms with Crippen LogP contribution in [0, 0.1) is 0 Å². The van der Waals surface area contributed by atoms with Crippen LogP contribution in [0.2, 0.25) is 0 Å². The number of urea groups is 1. The summed E-state index contributed by atoms with van der Waals surface area (Å²) in [6.07, 6.45) is -5.26. The number of ether oxygens (including phenoxy) is 5. The maximum absolute atomic E-state index is 12.6. The van der Waals surface area contributed by atoms with Gasteiger partial charge in [0, 0.05) is 33.4 Å². The van der Waals surface area contributed by atoms with E-state index in [1.807, 2.05) is 0 Å². The van der Waals surface area contributed by atoms with Gasteiger partial charge in [-0.15, -0.1) is 0 Å². The fraction of sp³-hybridized carbons (Fsp3) is 0.476. The number of benzene rings is 1. The Balaban J connectivity index is 2.37. The summed E-state index contributed by atoms with van der Waals surface area (Å²) < 4.78 is 26.5. The molecule has 0 spiro atoms. The van der Waals surface area contributed by atoms with E-state index >= 15 is 0 Å². The third-order valence-electron chi connectivity index (χ3n) is 4.31. The molecule has 2 amide bonds. The second-order valence-corrected chi connectivity index (χ2v) is 7.09. The van der Waals surface area contributed by atoms with Crippen molar-refractivity contribution >= 4 is 35.6 Å². The van der Waals surface area contributed by atoms with Gasteiger partial charge >= 0.3 is 29.9 Å². The van der Waals surface area contributed by atoms with Crippen LogP contribution in [0.5, 0.6) is 0 Å². The van der Waals surface area contributed by atoms with E-state index in [2.05, 4.69) is 10.6 Å². The standard InChI is InChI=1S/C21H26N2O10/c1-11(24)29-10-16-18(30-12(2)25)19(31-13(3)26)17(20(33-16)32-14(4)27)23-21(28)22-15-8-6-5-7-9-15/h5-9,16-20H,10H2,1-4H3,(H2,22,23,28)/t16-,17-,18+,19-,20+/m1/s1. The molecule has 12 nitrogen and oxygen atoms in total. The first-order chi connectivity index (χ1) is 15.6. The lowest BCUT2D eigenvalue weighted by molar-refractivity contribution is -0.270. The lowest BCUT2D eigenvalue weighted by Crippen LogP contribution is -2.67. The highest BCUT2D eigenvalue weighted by Crippen LogP contribution is 2.28. The summed E-state index contributed by atoms with van der Waals surface area (Å²) >= 11 is 0. The van der Waals surface area contributed by atoms with E-state index in [0.29, 0.717) is 5.69 Å². The minimum absolute atomic E-state index is 0.397. The smallest absolute Gasteiger partial charge is 0.319 e. The second-order valence-electron chi connectivity index (χ2n) is 7.09. The number of hydrogen-bond donors (Lipinski definition) is 2. The van der Waals surface area contributed by atoms with Gasteiger partial charge in [-0.1, -0.05) is 18.2 Å². The highest BCUT2D eigenvalue weighted by atomic mass is 16.7. The summed E-state index contributed by atoms with van der Waals surface area (Å²) in [7, 11) is 0. The summed E-state index contributed by atoms with van der Waals surface area (Å²) in [5.74, 6) is -2.90. The summed E-state index contributed by atoms with van der Waals surface area (Å²) in [6.45, 7) is 4.12. The summed E-state index contributed by atoms with van der Waals surface area (Å²) in [5, 5.41) is 5.12. The number of carbonyl (C=O) groups is 5. The van der Waals surface area contributed by atoms with Crippen LogP contribution < -0.4 is 10.6 Å². The largest absolute Gasteiger partial charge is 0.463 e. The summed E-state index contributed by atoms with van der Waals surface area (Å²) in [5.41, 5.74) is 0.462. The molecule has 1 aromatic rings. The predicted octanol–water partition coefficient (Wildman–Crippen LogP) is 0.891. The molecule has 0 aromatic heterocycles. The molecule has 12 heteroatoms. The van der Waals surface area contributed by atoms with Gasteiger partial charge < -0.3 is 34.3 Å². The van der Waals surface area contributed by atoms with Crippen LogP contribution in [0.25, 0.3) is 0 Å². The number of anilines is 1. The fourth-order valence-electron chi connectivity index (χ4n) is 3.16. The molecular formula is C21H26N2O10. The number of carbonyl (C=O) groups excluding carboxylic acids is 5. The van der Waals surface area contributed by atoms with Gasteiger partial charge in [-0.2, -0.15) is 0 Å². The van der Waals surface area contributed by atoms with Gasteiger partial charge in [-0.25, -0.2) is 4.79 Å². The molecule has 1 fully saturated rings. The zero-order chi connectivity index (χ0) is 24.5. The average molecular weight is 466 g/mol. The zero-order valence-electron chi connectivity index (χ0n) is 18.6. The quantitative estimate of drug-likeness (QED) is 0.437. The number of amides is 2. The van der Waals surface area contributed by atoms with E-state index in [-0.39, 0.29) is 0 Å². The summed E-state index contributed by atoms with van der Waals surface area (Å²) in [6, 6.07) is 6.45. The number of rotatable bonds is 7. The third kappa shape index (κ3) is 8.07. The van der Waals surface area contributed by atoms with Crippen LogP contribution in [-0.2, 0) is 42.9 Å². The van der Waals surface area contributed by atoms with E-state index in [0.717, 1.165) is 27.7 Å². The molecule has 0 saturated carbocycles. The Morgan fingerprint density at radius 1 is 0.818 bits per heavy atom. The van der Waals surface area contributed by atoms with E-state index in [1.54, 1.807) is 30.3 Å². The molecule has 1 aliphatic heterocycles. The summed E-state index contributed by atoms with van der Waals surface area (Å²) in [4.78, 5) is 59.2. The zero-order valence-corrected chi connectivity index (χ0v) is 18.6. The Bertz CT molecular complexity index is 875. The molecule has 1 aliphatic rings. The first kappa shape index (κ1) is 25.6. The number of nitrogens with one attached hydrogen (secondary N) is 2. The lowest BCUT2D eigenvalue weighted by atomic mass is 9.96. The molecule has 0 bridgehead atoms. The highest BCUT2D eigenvalue weighted by Gasteiger charge is 2.52. The molecular weight excluding hydrogens is 440 g/mol. The van der Waals surface area contributed by atoms with Crippen LogP contribution in [0.3, 0.4) is 0 Å². The van der Waals surface area contributed by atoms with E-state index < -0.39 is 67.2 Å². The predicted molar refractivity (Wildman–Crippen MR) is 111 cm³/mol. The minimum Gasteiger partial charge on any atom is -0.463 e. The SMILES string of the molecule is CC(=O)OC[C@H]1O[C@H](OC(C)=O)[C@H](NC(=O)Nc2ccccc2)[C@@H](OC(C)=O)[C@H]1OC(C)=O. The van der Waals surface area contributed by atoms with Gasteiger partial charge in [0.1, 0.15) is 18.8 Å². The Hall–Kier alpha value is -3.67. The number of esters is 4. The van der Waals surface area contributed by atoms with Crippen LogP contribution in [0.4, 0.5) is 10.5 Å².